The zero-order valence-corrected chi connectivity index (χ0v) is 7.04. The van der Waals surface area contributed by atoms with E-state index in [0.29, 0.717) is 0 Å². The zero-order chi connectivity index (χ0) is 10.5. The lowest BCUT2D eigenvalue weighted by atomic mass is 10.3. The highest BCUT2D eigenvalue weighted by atomic mass is 16.6. The monoisotopic (exact) mass is 197 g/mol. The molecular weight excluding hydrogens is 182 g/mol. The fourth-order valence-electron chi connectivity index (χ4n) is 0.846. The molecule has 0 aliphatic heterocycles. The van der Waals surface area contributed by atoms with Gasteiger partial charge in [-0.25, -0.2) is 4.90 Å². The van der Waals surface area contributed by atoms with E-state index in [-0.39, 0.29) is 13.1 Å². The summed E-state index contributed by atoms with van der Waals surface area (Å²) in [7, 11) is 0. The molecule has 6 N–H and O–H groups in total. The lowest BCUT2D eigenvalue weighted by Gasteiger charge is -2.34. The third-order valence-corrected chi connectivity index (χ3v) is 1.55. The van der Waals surface area contributed by atoms with Crippen molar-refractivity contribution in [2.45, 2.75) is 12.2 Å². The van der Waals surface area contributed by atoms with E-state index in [1.165, 1.54) is 0 Å². The van der Waals surface area contributed by atoms with Crippen LogP contribution in [0.2, 0.25) is 0 Å². The molecule has 0 aromatic rings. The molecule has 0 aliphatic carbocycles. The van der Waals surface area contributed by atoms with E-state index in [1.807, 2.05) is 0 Å². The van der Waals surface area contributed by atoms with Gasteiger partial charge in [-0.15, -0.1) is 0 Å². The summed E-state index contributed by atoms with van der Waals surface area (Å²) in [5.41, 5.74) is 0. The van der Waals surface area contributed by atoms with Crippen molar-refractivity contribution in [3.05, 3.63) is 0 Å². The number of nitrogens with zero attached hydrogens (tertiary/aromatic N) is 1. The topological polar surface area (TPSA) is 125 Å². The van der Waals surface area contributed by atoms with E-state index in [9.17, 15) is 0 Å². The maximum Gasteiger partial charge on any atom is 0.278 e. The molecule has 13 heavy (non-hydrogen) atoms. The van der Waals surface area contributed by atoms with Crippen molar-refractivity contribution >= 4 is 0 Å². The van der Waals surface area contributed by atoms with Gasteiger partial charge < -0.3 is 30.6 Å². The molecule has 0 spiro atoms. The van der Waals surface area contributed by atoms with Crippen molar-refractivity contribution < 1.29 is 30.6 Å². The fraction of sp³-hybridized carbons (Fsp3) is 1.00. The molecule has 0 unspecified atom stereocenters. The second-order valence-corrected chi connectivity index (χ2v) is 2.50. The number of hydrogen-bond donors (Lipinski definition) is 6. The Kier molecular flexibility index (Phi) is 5.33. The zero-order valence-electron chi connectivity index (χ0n) is 7.04. The van der Waals surface area contributed by atoms with Crippen LogP contribution < -0.4 is 0 Å². The molecule has 0 radical (unpaired) electrons. The Morgan fingerprint density at radius 3 is 1.62 bits per heavy atom. The maximum atomic E-state index is 9.07. The maximum absolute atomic E-state index is 9.07. The van der Waals surface area contributed by atoms with Crippen molar-refractivity contribution in [1.82, 2.24) is 4.90 Å². The van der Waals surface area contributed by atoms with Crippen molar-refractivity contribution in [1.29, 1.82) is 0 Å². The molecule has 80 valence electrons. The highest BCUT2D eigenvalue weighted by Crippen LogP contribution is 2.10. The van der Waals surface area contributed by atoms with Gasteiger partial charge in [-0.05, 0) is 0 Å². The molecule has 0 saturated heterocycles. The van der Waals surface area contributed by atoms with Gasteiger partial charge in [0.25, 0.3) is 5.91 Å². The number of aliphatic hydroxyl groups excluding tert-OH is 3. The molecule has 0 aromatic heterocycles. The van der Waals surface area contributed by atoms with Crippen LogP contribution in [-0.2, 0) is 0 Å². The SMILES string of the molecule is OCCN(CCO)C(O)(O)C(O)O. The first-order valence-electron chi connectivity index (χ1n) is 3.74. The van der Waals surface area contributed by atoms with Crippen molar-refractivity contribution in [3.8, 4) is 0 Å². The molecule has 0 fully saturated rings. The smallest absolute Gasteiger partial charge is 0.278 e. The summed E-state index contributed by atoms with van der Waals surface area (Å²) < 4.78 is 0. The van der Waals surface area contributed by atoms with Crippen LogP contribution in [0.5, 0.6) is 0 Å². The predicted octanol–water partition coefficient (Wildman–Crippen LogP) is -3.78. The van der Waals surface area contributed by atoms with Crippen LogP contribution in [0.15, 0.2) is 0 Å². The van der Waals surface area contributed by atoms with Gasteiger partial charge in [-0.3, -0.25) is 0 Å². The van der Waals surface area contributed by atoms with Crippen LogP contribution in [0.25, 0.3) is 0 Å². The fourth-order valence-corrected chi connectivity index (χ4v) is 0.846. The van der Waals surface area contributed by atoms with Gasteiger partial charge in [-0.1, -0.05) is 0 Å². The van der Waals surface area contributed by atoms with Gasteiger partial charge in [0.05, 0.1) is 13.2 Å². The minimum Gasteiger partial charge on any atom is -0.395 e. The molecule has 0 aliphatic rings. The van der Waals surface area contributed by atoms with Crippen LogP contribution in [0.3, 0.4) is 0 Å². The second-order valence-electron chi connectivity index (χ2n) is 2.50. The lowest BCUT2D eigenvalue weighted by molar-refractivity contribution is -0.359. The second kappa shape index (κ2) is 5.45. The lowest BCUT2D eigenvalue weighted by Crippen LogP contribution is -2.58. The third kappa shape index (κ3) is 3.53. The molecule has 0 atom stereocenters. The number of rotatable bonds is 6. The van der Waals surface area contributed by atoms with E-state index in [1.54, 1.807) is 0 Å². The molecule has 0 bridgehead atoms. The van der Waals surface area contributed by atoms with Crippen LogP contribution in [0, 0.1) is 0 Å². The first-order chi connectivity index (χ1) is 5.96. The number of hydrogen-bond acceptors (Lipinski definition) is 7. The highest BCUT2D eigenvalue weighted by molar-refractivity contribution is 4.69. The van der Waals surface area contributed by atoms with E-state index in [4.69, 9.17) is 30.6 Å². The van der Waals surface area contributed by atoms with Crippen molar-refractivity contribution in [3.63, 3.8) is 0 Å². The Morgan fingerprint density at radius 1 is 1.00 bits per heavy atom. The first kappa shape index (κ1) is 12.7. The molecule has 7 nitrogen and oxygen atoms in total. The Hall–Kier alpha value is -0.280. The summed E-state index contributed by atoms with van der Waals surface area (Å²) in [5, 5.41) is 52.3. The highest BCUT2D eigenvalue weighted by Gasteiger charge is 2.38. The quantitative estimate of drug-likeness (QED) is 0.241. The summed E-state index contributed by atoms with van der Waals surface area (Å²) in [5.74, 6) is -2.86. The van der Waals surface area contributed by atoms with E-state index >= 15 is 0 Å². The standard InChI is InChI=1S/C6H15NO6/c8-3-1-7(2-4-9)6(12,13)5(10)11/h5,8-13H,1-4H2. The molecule has 0 amide bonds. The Labute approximate surface area is 75.1 Å². The summed E-state index contributed by atoms with van der Waals surface area (Å²) in [4.78, 5) is 0.734. The molecule has 7 heteroatoms. The van der Waals surface area contributed by atoms with Gasteiger partial charge in [0, 0.05) is 13.1 Å². The molecule has 0 heterocycles. The largest absolute Gasteiger partial charge is 0.395 e. The Morgan fingerprint density at radius 2 is 1.38 bits per heavy atom. The minimum atomic E-state index is -2.86. The molecule has 0 aromatic carbocycles. The molecule has 0 rings (SSSR count). The van der Waals surface area contributed by atoms with E-state index in [2.05, 4.69) is 0 Å². The Balaban J connectivity index is 4.31. The van der Waals surface area contributed by atoms with Crippen LogP contribution in [-0.4, -0.2) is 74.0 Å². The van der Waals surface area contributed by atoms with E-state index < -0.39 is 25.4 Å². The normalized spacial score (nSPS) is 12.9. The summed E-state index contributed by atoms with van der Waals surface area (Å²) in [6, 6.07) is 0. The average molecular weight is 197 g/mol. The summed E-state index contributed by atoms with van der Waals surface area (Å²) >= 11 is 0. The van der Waals surface area contributed by atoms with Crippen molar-refractivity contribution in [2.75, 3.05) is 26.3 Å². The van der Waals surface area contributed by atoms with E-state index in [0.717, 1.165) is 4.90 Å². The first-order valence-corrected chi connectivity index (χ1v) is 3.74. The predicted molar refractivity (Wildman–Crippen MR) is 41.1 cm³/mol. The van der Waals surface area contributed by atoms with Crippen molar-refractivity contribution in [2.24, 2.45) is 0 Å². The van der Waals surface area contributed by atoms with Gasteiger partial charge in [0.15, 0.2) is 0 Å². The molecule has 0 saturated carbocycles. The van der Waals surface area contributed by atoms with Crippen LogP contribution in [0.4, 0.5) is 0 Å². The van der Waals surface area contributed by atoms with Gasteiger partial charge in [-0.2, -0.15) is 0 Å². The molecular formula is C6H15NO6. The minimum absolute atomic E-state index is 0.189. The number of aliphatic hydroxyl groups is 6. The third-order valence-electron chi connectivity index (χ3n) is 1.55. The summed E-state index contributed by atoms with van der Waals surface area (Å²) in [6.45, 7) is -1.17. The van der Waals surface area contributed by atoms with Gasteiger partial charge in [0.2, 0.25) is 6.29 Å². The van der Waals surface area contributed by atoms with Crippen LogP contribution in [0.1, 0.15) is 0 Å². The average Bonchev–Trinajstić information content (AvgIpc) is 2.03. The van der Waals surface area contributed by atoms with Gasteiger partial charge >= 0.3 is 0 Å². The van der Waals surface area contributed by atoms with Crippen LogP contribution >= 0.6 is 0 Å². The summed E-state index contributed by atoms with van der Waals surface area (Å²) in [6.07, 6.45) is -2.38. The Bertz CT molecular complexity index is 133. The van der Waals surface area contributed by atoms with Gasteiger partial charge in [0.1, 0.15) is 0 Å².